The van der Waals surface area contributed by atoms with Gasteiger partial charge in [-0.3, -0.25) is 4.79 Å². The van der Waals surface area contributed by atoms with E-state index in [1.165, 1.54) is 19.2 Å². The fourth-order valence-corrected chi connectivity index (χ4v) is 2.32. The van der Waals surface area contributed by atoms with Crippen LogP contribution in [0.3, 0.4) is 0 Å². The van der Waals surface area contributed by atoms with Crippen LogP contribution in [0.2, 0.25) is 0 Å². The minimum absolute atomic E-state index is 0.122. The molecule has 0 unspecified atom stereocenters. The van der Waals surface area contributed by atoms with Crippen molar-refractivity contribution in [3.05, 3.63) is 43.6 Å². The van der Waals surface area contributed by atoms with Gasteiger partial charge in [0.15, 0.2) is 11.6 Å². The summed E-state index contributed by atoms with van der Waals surface area (Å²) in [7, 11) is 1.39. The molecule has 0 saturated heterocycles. The Morgan fingerprint density at radius 1 is 1.47 bits per heavy atom. The van der Waals surface area contributed by atoms with Gasteiger partial charge in [-0.05, 0) is 47.2 Å². The Morgan fingerprint density at radius 2 is 2.21 bits per heavy atom. The summed E-state index contributed by atoms with van der Waals surface area (Å²) in [6.45, 7) is 1.93. The summed E-state index contributed by atoms with van der Waals surface area (Å²) in [5.41, 5.74) is 1.15. The van der Waals surface area contributed by atoms with Crippen LogP contribution in [0.1, 0.15) is 12.6 Å². The fourth-order valence-electron chi connectivity index (χ4n) is 1.68. The van der Waals surface area contributed by atoms with Gasteiger partial charge in [0.1, 0.15) is 5.82 Å². The van der Waals surface area contributed by atoms with Gasteiger partial charge in [0.25, 0.3) is 5.56 Å². The number of rotatable bonds is 3. The number of ether oxygens (including phenoxy) is 1. The second-order valence-corrected chi connectivity index (χ2v) is 4.96. The number of methoxy groups -OCH3 is 1. The van der Waals surface area contributed by atoms with Crippen LogP contribution in [0.5, 0.6) is 5.75 Å². The number of nitrogens with zero attached hydrogens (tertiary/aromatic N) is 1. The number of hydrogen-bond donors (Lipinski definition) is 1. The van der Waals surface area contributed by atoms with Gasteiger partial charge in [0, 0.05) is 5.56 Å². The quantitative estimate of drug-likeness (QED) is 0.841. The Hall–Kier alpha value is -1.44. The van der Waals surface area contributed by atoms with Crippen LogP contribution in [0.4, 0.5) is 4.39 Å². The molecule has 0 amide bonds. The zero-order valence-electron chi connectivity index (χ0n) is 10.5. The molecule has 0 radical (unpaired) electrons. The van der Waals surface area contributed by atoms with Gasteiger partial charge < -0.3 is 9.72 Å². The minimum Gasteiger partial charge on any atom is -0.494 e. The molecule has 2 aromatic rings. The zero-order chi connectivity index (χ0) is 14.0. The highest BCUT2D eigenvalue weighted by Crippen LogP contribution is 2.24. The molecular weight excluding hydrogens is 362 g/mol. The van der Waals surface area contributed by atoms with E-state index >= 15 is 0 Å². The van der Waals surface area contributed by atoms with Gasteiger partial charge in [0.2, 0.25) is 0 Å². The van der Waals surface area contributed by atoms with E-state index in [0.717, 1.165) is 5.69 Å². The number of aromatic nitrogens is 2. The number of benzene rings is 1. The normalized spacial score (nSPS) is 10.5. The lowest BCUT2D eigenvalue weighted by Gasteiger charge is -2.07. The van der Waals surface area contributed by atoms with E-state index in [1.54, 1.807) is 6.07 Å². The summed E-state index contributed by atoms with van der Waals surface area (Å²) in [5.74, 6) is 0.0899. The Balaban J connectivity index is 2.59. The first kappa shape index (κ1) is 14.0. The molecule has 0 bridgehead atoms. The van der Waals surface area contributed by atoms with E-state index in [9.17, 15) is 9.18 Å². The predicted molar refractivity (Wildman–Crippen MR) is 78.9 cm³/mol. The molecule has 19 heavy (non-hydrogen) atoms. The van der Waals surface area contributed by atoms with E-state index < -0.39 is 5.82 Å². The SMILES string of the molecule is CCc1nc(-c2ccc(F)c(OC)c2)[nH]c(=O)c1I. The number of nitrogens with one attached hydrogen (secondary N) is 1. The van der Waals surface area contributed by atoms with Crippen molar-refractivity contribution in [1.82, 2.24) is 9.97 Å². The highest BCUT2D eigenvalue weighted by molar-refractivity contribution is 14.1. The number of aryl methyl sites for hydroxylation is 1. The summed E-state index contributed by atoms with van der Waals surface area (Å²) in [5, 5.41) is 0. The Labute approximate surface area is 123 Å². The lowest BCUT2D eigenvalue weighted by atomic mass is 10.2. The number of hydrogen-bond acceptors (Lipinski definition) is 3. The van der Waals surface area contributed by atoms with Crippen LogP contribution in [-0.4, -0.2) is 17.1 Å². The molecule has 1 N–H and O–H groups in total. The van der Waals surface area contributed by atoms with Gasteiger partial charge in [-0.2, -0.15) is 0 Å². The molecule has 1 aromatic carbocycles. The first-order valence-electron chi connectivity index (χ1n) is 5.69. The Morgan fingerprint density at radius 3 is 2.84 bits per heavy atom. The van der Waals surface area contributed by atoms with Gasteiger partial charge in [-0.1, -0.05) is 6.92 Å². The van der Waals surface area contributed by atoms with Crippen molar-refractivity contribution in [3.63, 3.8) is 0 Å². The smallest absolute Gasteiger partial charge is 0.264 e. The summed E-state index contributed by atoms with van der Waals surface area (Å²) in [4.78, 5) is 18.9. The Bertz CT molecular complexity index is 670. The van der Waals surface area contributed by atoms with Gasteiger partial charge >= 0.3 is 0 Å². The third-order valence-electron chi connectivity index (χ3n) is 2.69. The summed E-state index contributed by atoms with van der Waals surface area (Å²) in [6, 6.07) is 4.36. The van der Waals surface area contributed by atoms with Crippen LogP contribution < -0.4 is 10.3 Å². The van der Waals surface area contributed by atoms with Crippen LogP contribution in [0.25, 0.3) is 11.4 Å². The summed E-state index contributed by atoms with van der Waals surface area (Å²) < 4.78 is 18.9. The number of aromatic amines is 1. The van der Waals surface area contributed by atoms with Crippen molar-refractivity contribution >= 4 is 22.6 Å². The molecule has 100 valence electrons. The standard InChI is InChI=1S/C13H12FIN2O2/c1-3-9-11(15)13(18)17-12(16-9)7-4-5-8(14)10(6-7)19-2/h4-6H,3H2,1-2H3,(H,16,17,18). The molecule has 1 heterocycles. The predicted octanol–water partition coefficient (Wildman–Crippen LogP) is 2.75. The molecule has 2 rings (SSSR count). The molecule has 0 aliphatic heterocycles. The van der Waals surface area contributed by atoms with E-state index in [1.807, 2.05) is 29.5 Å². The van der Waals surface area contributed by atoms with E-state index in [-0.39, 0.29) is 11.3 Å². The summed E-state index contributed by atoms with van der Waals surface area (Å²) >= 11 is 1.97. The maximum absolute atomic E-state index is 13.4. The van der Waals surface area contributed by atoms with Crippen molar-refractivity contribution in [2.75, 3.05) is 7.11 Å². The van der Waals surface area contributed by atoms with Crippen LogP contribution >= 0.6 is 22.6 Å². The van der Waals surface area contributed by atoms with Crippen molar-refractivity contribution in [3.8, 4) is 17.1 Å². The maximum atomic E-state index is 13.4. The lowest BCUT2D eigenvalue weighted by molar-refractivity contribution is 0.386. The minimum atomic E-state index is -0.449. The lowest BCUT2D eigenvalue weighted by Crippen LogP contribution is -2.16. The molecular formula is C13H12FIN2O2. The second-order valence-electron chi connectivity index (χ2n) is 3.88. The Kier molecular flexibility index (Phi) is 4.18. The largest absolute Gasteiger partial charge is 0.494 e. The molecule has 0 aliphatic rings. The summed E-state index contributed by atoms with van der Waals surface area (Å²) in [6.07, 6.45) is 0.660. The number of H-pyrrole nitrogens is 1. The monoisotopic (exact) mass is 374 g/mol. The average Bonchev–Trinajstić information content (AvgIpc) is 2.42. The molecule has 1 aromatic heterocycles. The molecule has 6 heteroatoms. The van der Waals surface area contributed by atoms with Crippen LogP contribution in [-0.2, 0) is 6.42 Å². The zero-order valence-corrected chi connectivity index (χ0v) is 12.6. The highest BCUT2D eigenvalue weighted by atomic mass is 127. The number of halogens is 2. The van der Waals surface area contributed by atoms with E-state index in [2.05, 4.69) is 9.97 Å². The third kappa shape index (κ3) is 2.78. The van der Waals surface area contributed by atoms with Gasteiger partial charge in [0.05, 0.1) is 16.4 Å². The van der Waals surface area contributed by atoms with Gasteiger partial charge in [-0.15, -0.1) is 0 Å². The first-order chi connectivity index (χ1) is 9.06. The van der Waals surface area contributed by atoms with E-state index in [0.29, 0.717) is 21.4 Å². The van der Waals surface area contributed by atoms with Crippen LogP contribution in [0, 0.1) is 9.39 Å². The molecule has 0 aliphatic carbocycles. The van der Waals surface area contributed by atoms with Crippen molar-refractivity contribution in [2.24, 2.45) is 0 Å². The van der Waals surface area contributed by atoms with Crippen molar-refractivity contribution in [2.45, 2.75) is 13.3 Å². The highest BCUT2D eigenvalue weighted by Gasteiger charge is 2.11. The van der Waals surface area contributed by atoms with E-state index in [4.69, 9.17) is 4.74 Å². The third-order valence-corrected chi connectivity index (χ3v) is 3.80. The second kappa shape index (κ2) is 5.68. The molecule has 0 spiro atoms. The van der Waals surface area contributed by atoms with Crippen LogP contribution in [0.15, 0.2) is 23.0 Å². The first-order valence-corrected chi connectivity index (χ1v) is 6.77. The van der Waals surface area contributed by atoms with Crippen molar-refractivity contribution in [1.29, 1.82) is 0 Å². The average molecular weight is 374 g/mol. The molecule has 0 fully saturated rings. The fraction of sp³-hybridized carbons (Fsp3) is 0.231. The molecule has 0 atom stereocenters. The maximum Gasteiger partial charge on any atom is 0.264 e. The molecule has 0 saturated carbocycles. The van der Waals surface area contributed by atoms with Crippen molar-refractivity contribution < 1.29 is 9.13 Å². The van der Waals surface area contributed by atoms with Gasteiger partial charge in [-0.25, -0.2) is 9.37 Å². The molecule has 4 nitrogen and oxygen atoms in total. The topological polar surface area (TPSA) is 55.0 Å².